The first kappa shape index (κ1) is 26.0. The minimum absolute atomic E-state index is 0.0639. The lowest BCUT2D eigenvalue weighted by molar-refractivity contribution is -0.154. The Hall–Kier alpha value is -3.28. The second-order valence-electron chi connectivity index (χ2n) is 10.9. The van der Waals surface area contributed by atoms with Gasteiger partial charge in [0, 0.05) is 6.54 Å². The van der Waals surface area contributed by atoms with E-state index in [9.17, 15) is 5.11 Å². The van der Waals surface area contributed by atoms with Crippen LogP contribution in [0.3, 0.4) is 0 Å². The van der Waals surface area contributed by atoms with Crippen molar-refractivity contribution in [2.24, 2.45) is 5.92 Å². The Labute approximate surface area is 231 Å². The van der Waals surface area contributed by atoms with Gasteiger partial charge >= 0.3 is 0 Å². The minimum Gasteiger partial charge on any atom is -0.378 e. The molecular formula is C35H37NO3. The zero-order valence-electron chi connectivity index (χ0n) is 22.4. The van der Waals surface area contributed by atoms with Crippen molar-refractivity contribution in [3.05, 3.63) is 144 Å². The monoisotopic (exact) mass is 519 g/mol. The van der Waals surface area contributed by atoms with Gasteiger partial charge in [0.05, 0.1) is 19.3 Å². The Morgan fingerprint density at radius 2 is 1.05 bits per heavy atom. The standard InChI is InChI=1S/C35H37NO3/c37-34(29-13-5-1-6-14-29,30-15-7-2-8-16-30)26-39-35(31-17-9-3-10-18-31,32-19-11-4-12-20-32)27-38-33-25-36-23-21-28(33)22-24-36/h1-20,28,33,37H,21-27H2. The maximum atomic E-state index is 12.3. The quantitative estimate of drug-likeness (QED) is 0.279. The second kappa shape index (κ2) is 11.4. The lowest BCUT2D eigenvalue weighted by Crippen LogP contribution is -2.53. The molecule has 0 aliphatic carbocycles. The van der Waals surface area contributed by atoms with Crippen molar-refractivity contribution in [3.8, 4) is 0 Å². The van der Waals surface area contributed by atoms with Crippen LogP contribution in [0.4, 0.5) is 0 Å². The highest BCUT2D eigenvalue weighted by atomic mass is 16.6. The Kier molecular flexibility index (Phi) is 7.62. The van der Waals surface area contributed by atoms with Crippen LogP contribution < -0.4 is 0 Å². The van der Waals surface area contributed by atoms with Crippen LogP contribution in [-0.2, 0) is 20.7 Å². The van der Waals surface area contributed by atoms with Crippen LogP contribution in [0.25, 0.3) is 0 Å². The number of nitrogens with zero attached hydrogens (tertiary/aromatic N) is 1. The van der Waals surface area contributed by atoms with Crippen LogP contribution in [-0.4, -0.2) is 49.0 Å². The summed E-state index contributed by atoms with van der Waals surface area (Å²) in [4.78, 5) is 2.52. The first-order chi connectivity index (χ1) is 19.2. The highest BCUT2D eigenvalue weighted by Gasteiger charge is 2.43. The predicted molar refractivity (Wildman–Crippen MR) is 154 cm³/mol. The Balaban J connectivity index is 1.40. The normalized spacial score (nSPS) is 21.1. The summed E-state index contributed by atoms with van der Waals surface area (Å²) in [5.41, 5.74) is 1.38. The fraction of sp³-hybridized carbons (Fsp3) is 0.314. The van der Waals surface area contributed by atoms with Gasteiger partial charge in [-0.1, -0.05) is 121 Å². The summed E-state index contributed by atoms with van der Waals surface area (Å²) in [7, 11) is 0. The molecule has 0 aromatic heterocycles. The van der Waals surface area contributed by atoms with Gasteiger partial charge in [-0.15, -0.1) is 0 Å². The third-order valence-electron chi connectivity index (χ3n) is 8.61. The van der Waals surface area contributed by atoms with Gasteiger partial charge < -0.3 is 19.5 Å². The second-order valence-corrected chi connectivity index (χ2v) is 10.9. The van der Waals surface area contributed by atoms with E-state index in [1.807, 2.05) is 97.1 Å². The highest BCUT2D eigenvalue weighted by Crippen LogP contribution is 2.40. The number of benzene rings is 4. The van der Waals surface area contributed by atoms with Crippen molar-refractivity contribution < 1.29 is 14.6 Å². The summed E-state index contributed by atoms with van der Waals surface area (Å²) < 4.78 is 13.9. The highest BCUT2D eigenvalue weighted by molar-refractivity contribution is 5.39. The predicted octanol–water partition coefficient (Wildman–Crippen LogP) is 5.99. The van der Waals surface area contributed by atoms with E-state index in [1.165, 1.54) is 25.9 Å². The first-order valence-electron chi connectivity index (χ1n) is 14.1. The van der Waals surface area contributed by atoms with Crippen LogP contribution in [0.5, 0.6) is 0 Å². The SMILES string of the molecule is OC(COC(COC1CN2CCC1CC2)(c1ccccc1)c1ccccc1)(c1ccccc1)c1ccccc1. The van der Waals surface area contributed by atoms with E-state index in [2.05, 4.69) is 29.2 Å². The van der Waals surface area contributed by atoms with Crippen molar-refractivity contribution in [1.82, 2.24) is 4.90 Å². The fourth-order valence-electron chi connectivity index (χ4n) is 6.27. The van der Waals surface area contributed by atoms with Gasteiger partial charge in [-0.25, -0.2) is 0 Å². The van der Waals surface area contributed by atoms with E-state index in [4.69, 9.17) is 9.47 Å². The van der Waals surface area contributed by atoms with Crippen LogP contribution >= 0.6 is 0 Å². The lowest BCUT2D eigenvalue weighted by Gasteiger charge is -2.46. The molecule has 200 valence electrons. The molecule has 7 rings (SSSR count). The summed E-state index contributed by atoms with van der Waals surface area (Å²) in [6, 6.07) is 40.3. The number of rotatable bonds is 10. The molecule has 4 nitrogen and oxygen atoms in total. The first-order valence-corrected chi connectivity index (χ1v) is 14.1. The van der Waals surface area contributed by atoms with Gasteiger partial charge in [0.25, 0.3) is 0 Å². The molecule has 3 aliphatic rings. The maximum Gasteiger partial charge on any atom is 0.141 e. The van der Waals surface area contributed by atoms with Crippen molar-refractivity contribution in [2.45, 2.75) is 30.1 Å². The largest absolute Gasteiger partial charge is 0.378 e. The molecule has 0 radical (unpaired) electrons. The molecule has 4 aromatic carbocycles. The summed E-state index contributed by atoms with van der Waals surface area (Å²) in [5.74, 6) is 0.588. The van der Waals surface area contributed by atoms with E-state index < -0.39 is 11.2 Å². The molecule has 1 atom stereocenters. The van der Waals surface area contributed by atoms with E-state index in [0.29, 0.717) is 12.5 Å². The molecule has 2 bridgehead atoms. The lowest BCUT2D eigenvalue weighted by atomic mass is 9.83. The molecule has 4 heteroatoms. The molecule has 1 unspecified atom stereocenters. The average Bonchev–Trinajstić information content (AvgIpc) is 3.03. The van der Waals surface area contributed by atoms with Crippen LogP contribution in [0.1, 0.15) is 35.1 Å². The third-order valence-corrected chi connectivity index (χ3v) is 8.61. The van der Waals surface area contributed by atoms with Gasteiger partial charge in [0.2, 0.25) is 0 Å². The van der Waals surface area contributed by atoms with Gasteiger partial charge in [0.15, 0.2) is 0 Å². The molecule has 3 heterocycles. The third kappa shape index (κ3) is 5.30. The smallest absolute Gasteiger partial charge is 0.141 e. The Morgan fingerprint density at radius 1 is 0.615 bits per heavy atom. The summed E-state index contributed by atoms with van der Waals surface area (Å²) in [6.07, 6.45) is 2.57. The summed E-state index contributed by atoms with van der Waals surface area (Å²) >= 11 is 0. The molecule has 3 aliphatic heterocycles. The van der Waals surface area contributed by atoms with E-state index in [0.717, 1.165) is 28.8 Å². The molecule has 0 amide bonds. The zero-order chi connectivity index (χ0) is 26.5. The number of piperidine rings is 3. The van der Waals surface area contributed by atoms with Crippen molar-refractivity contribution in [1.29, 1.82) is 0 Å². The van der Waals surface area contributed by atoms with Crippen LogP contribution in [0, 0.1) is 5.92 Å². The van der Waals surface area contributed by atoms with Gasteiger partial charge in [-0.2, -0.15) is 0 Å². The minimum atomic E-state index is -1.34. The molecule has 1 N–H and O–H groups in total. The van der Waals surface area contributed by atoms with Gasteiger partial charge in [-0.05, 0) is 54.1 Å². The fourth-order valence-corrected chi connectivity index (χ4v) is 6.27. The van der Waals surface area contributed by atoms with Crippen molar-refractivity contribution >= 4 is 0 Å². The molecular weight excluding hydrogens is 482 g/mol. The average molecular weight is 520 g/mol. The van der Waals surface area contributed by atoms with Gasteiger partial charge in [-0.3, -0.25) is 0 Å². The van der Waals surface area contributed by atoms with E-state index in [-0.39, 0.29) is 12.7 Å². The molecule has 3 fully saturated rings. The van der Waals surface area contributed by atoms with Crippen molar-refractivity contribution in [2.75, 3.05) is 32.8 Å². The number of hydrogen-bond acceptors (Lipinski definition) is 4. The molecule has 3 saturated heterocycles. The number of ether oxygens (including phenoxy) is 2. The zero-order valence-corrected chi connectivity index (χ0v) is 22.4. The number of hydrogen-bond donors (Lipinski definition) is 1. The molecule has 0 saturated carbocycles. The summed E-state index contributed by atoms with van der Waals surface area (Å²) in [6.45, 7) is 3.75. The van der Waals surface area contributed by atoms with Crippen LogP contribution in [0.2, 0.25) is 0 Å². The summed E-state index contributed by atoms with van der Waals surface area (Å²) in [5, 5.41) is 12.3. The Morgan fingerprint density at radius 3 is 1.46 bits per heavy atom. The van der Waals surface area contributed by atoms with Gasteiger partial charge in [0.1, 0.15) is 11.2 Å². The maximum absolute atomic E-state index is 12.3. The number of aliphatic hydroxyl groups is 1. The topological polar surface area (TPSA) is 41.9 Å². The van der Waals surface area contributed by atoms with E-state index in [1.54, 1.807) is 0 Å². The van der Waals surface area contributed by atoms with Crippen LogP contribution in [0.15, 0.2) is 121 Å². The number of fused-ring (bicyclic) bond motifs is 3. The molecule has 4 aromatic rings. The van der Waals surface area contributed by atoms with E-state index >= 15 is 0 Å². The molecule has 0 spiro atoms. The Bertz CT molecular complexity index is 1230. The van der Waals surface area contributed by atoms with Crippen molar-refractivity contribution in [3.63, 3.8) is 0 Å². The molecule has 39 heavy (non-hydrogen) atoms.